The number of para-hydroxylation sites is 1. The molecule has 7 aromatic rings. The molecule has 1 nitrogen and oxygen atoms in total. The first-order valence-corrected chi connectivity index (χ1v) is 20.9. The molecule has 0 fully saturated rings. The number of hydrogen-bond acceptors (Lipinski definition) is 2. The fourth-order valence-corrected chi connectivity index (χ4v) is 14.5. The maximum absolute atomic E-state index is 2.54. The molecule has 1 aromatic heterocycles. The van der Waals surface area contributed by atoms with Crippen molar-refractivity contribution in [3.8, 4) is 22.3 Å². The molecular weight excluding hydrogens is 571 g/mol. The van der Waals surface area contributed by atoms with Crippen molar-refractivity contribution in [3.05, 3.63) is 127 Å². The molecule has 0 atom stereocenters. The zero-order valence-corrected chi connectivity index (χ0v) is 27.3. The zero-order valence-electron chi connectivity index (χ0n) is 24.5. The first-order valence-electron chi connectivity index (χ1n) is 15.0. The van der Waals surface area contributed by atoms with Crippen LogP contribution in [0.2, 0.25) is 19.6 Å². The van der Waals surface area contributed by atoms with Gasteiger partial charge in [-0.2, -0.15) is 0 Å². The molecule has 0 amide bonds. The van der Waals surface area contributed by atoms with Gasteiger partial charge in [-0.3, -0.25) is 0 Å². The molecule has 43 heavy (non-hydrogen) atoms. The molecule has 6 aromatic carbocycles. The maximum atomic E-state index is 2.54. The summed E-state index contributed by atoms with van der Waals surface area (Å²) < 4.78 is 2.82. The van der Waals surface area contributed by atoms with Crippen LogP contribution < -0.4 is 25.6 Å². The molecule has 0 saturated carbocycles. The fraction of sp³-hybridized carbons (Fsp3) is 0.0769. The number of benzene rings is 6. The molecule has 0 saturated heterocycles. The molecule has 0 unspecified atom stereocenters. The molecule has 0 aliphatic carbocycles. The zero-order chi connectivity index (χ0) is 28.9. The third-order valence-corrected chi connectivity index (χ3v) is 17.0. The summed E-state index contributed by atoms with van der Waals surface area (Å²) in [4.78, 5) is 2.53. The predicted molar refractivity (Wildman–Crippen MR) is 193 cm³/mol. The summed E-state index contributed by atoms with van der Waals surface area (Å²) in [7, 11) is -2.83. The lowest BCUT2D eigenvalue weighted by molar-refractivity contribution is 1.30. The summed E-state index contributed by atoms with van der Waals surface area (Å²) in [6.07, 6.45) is 0. The van der Waals surface area contributed by atoms with Crippen molar-refractivity contribution in [2.45, 2.75) is 19.6 Å². The first kappa shape index (κ1) is 25.3. The summed E-state index contributed by atoms with van der Waals surface area (Å²) in [6.45, 7) is 7.54. The summed E-state index contributed by atoms with van der Waals surface area (Å²) in [5.41, 5.74) is 9.52. The quantitative estimate of drug-likeness (QED) is 0.184. The van der Waals surface area contributed by atoms with E-state index in [1.54, 1.807) is 10.4 Å². The van der Waals surface area contributed by atoms with E-state index in [-0.39, 0.29) is 0 Å². The van der Waals surface area contributed by atoms with E-state index in [9.17, 15) is 0 Å². The van der Waals surface area contributed by atoms with Gasteiger partial charge in [0.2, 0.25) is 0 Å². The summed E-state index contributed by atoms with van der Waals surface area (Å²) >= 11 is 1.96. The van der Waals surface area contributed by atoms with Crippen LogP contribution in [0.5, 0.6) is 0 Å². The Morgan fingerprint density at radius 1 is 0.605 bits per heavy atom. The highest BCUT2D eigenvalue weighted by atomic mass is 32.1. The highest BCUT2D eigenvalue weighted by molar-refractivity contribution is 7.26. The Hall–Kier alpha value is -4.23. The molecule has 0 bridgehead atoms. The van der Waals surface area contributed by atoms with E-state index in [1.807, 2.05) is 11.3 Å². The average molecular weight is 601 g/mol. The highest BCUT2D eigenvalue weighted by Crippen LogP contribution is 2.44. The van der Waals surface area contributed by atoms with Gasteiger partial charge in [0, 0.05) is 37.2 Å². The van der Waals surface area contributed by atoms with E-state index in [0.29, 0.717) is 0 Å². The average Bonchev–Trinajstić information content (AvgIpc) is 3.64. The van der Waals surface area contributed by atoms with Crippen molar-refractivity contribution in [2.24, 2.45) is 0 Å². The number of nitrogens with zero attached hydrogens (tertiary/aromatic N) is 1. The molecule has 2 aliphatic rings. The number of anilines is 3. The molecule has 9 rings (SSSR count). The van der Waals surface area contributed by atoms with Gasteiger partial charge in [0.1, 0.15) is 16.9 Å². The van der Waals surface area contributed by atoms with Crippen LogP contribution in [-0.4, -0.2) is 16.9 Å². The molecule has 2 aliphatic heterocycles. The van der Waals surface area contributed by atoms with Crippen molar-refractivity contribution in [3.63, 3.8) is 0 Å². The fourth-order valence-electron chi connectivity index (χ4n) is 7.66. The lowest BCUT2D eigenvalue weighted by atomic mass is 10.0. The summed E-state index contributed by atoms with van der Waals surface area (Å²) in [6, 6.07) is 48.0. The standard InChI is InChI=1S/C39H30NSSi2/c1-42-34-19-10-8-15-28(34)30-16-11-17-32(39(30)42)40(25-12-5-4-6-13-25)26-20-21-31-36(24-26)43(2,3)35-23-22-29-27-14-7-9-18-33(27)41-38(29)37(31)35/h4-24H,1-3H3. The number of thiophene rings is 1. The first-order chi connectivity index (χ1) is 21.0. The second-order valence-electron chi connectivity index (χ2n) is 12.4. The Morgan fingerprint density at radius 3 is 2.26 bits per heavy atom. The van der Waals surface area contributed by atoms with Crippen molar-refractivity contribution < 1.29 is 0 Å². The molecule has 4 heteroatoms. The number of hydrogen-bond donors (Lipinski definition) is 0. The second-order valence-corrected chi connectivity index (χ2v) is 20.0. The van der Waals surface area contributed by atoms with Gasteiger partial charge in [0.25, 0.3) is 0 Å². The largest absolute Gasteiger partial charge is 0.311 e. The van der Waals surface area contributed by atoms with Crippen molar-refractivity contribution in [1.29, 1.82) is 0 Å². The summed E-state index contributed by atoms with van der Waals surface area (Å²) in [5.74, 6) is 0. The predicted octanol–water partition coefficient (Wildman–Crippen LogP) is 8.55. The van der Waals surface area contributed by atoms with Gasteiger partial charge in [-0.25, -0.2) is 0 Å². The van der Waals surface area contributed by atoms with E-state index < -0.39 is 16.9 Å². The van der Waals surface area contributed by atoms with Crippen LogP contribution in [0.15, 0.2) is 127 Å². The Kier molecular flexibility index (Phi) is 5.37. The molecule has 1 radical (unpaired) electrons. The lowest BCUT2D eigenvalue weighted by Gasteiger charge is -2.30. The minimum absolute atomic E-state index is 0.904. The minimum Gasteiger partial charge on any atom is -0.311 e. The Balaban J connectivity index is 1.27. The van der Waals surface area contributed by atoms with E-state index in [0.717, 1.165) is 0 Å². The highest BCUT2D eigenvalue weighted by Gasteiger charge is 2.40. The van der Waals surface area contributed by atoms with E-state index >= 15 is 0 Å². The van der Waals surface area contributed by atoms with Gasteiger partial charge < -0.3 is 4.90 Å². The SMILES string of the molecule is C[Si]1c2ccccc2-c2cccc(N(c3ccccc3)c3ccc4c(c3)[Si](C)(C)c3ccc5c(sc6ccccc65)c3-4)c21. The van der Waals surface area contributed by atoms with Crippen LogP contribution in [0, 0.1) is 0 Å². The molecule has 0 spiro atoms. The van der Waals surface area contributed by atoms with Gasteiger partial charge in [-0.1, -0.05) is 111 Å². The van der Waals surface area contributed by atoms with Crippen LogP contribution in [0.3, 0.4) is 0 Å². The Bertz CT molecular complexity index is 2250. The van der Waals surface area contributed by atoms with Crippen LogP contribution >= 0.6 is 11.3 Å². The van der Waals surface area contributed by atoms with Gasteiger partial charge in [-0.15, -0.1) is 11.3 Å². The molecule has 0 N–H and O–H groups in total. The number of rotatable bonds is 3. The van der Waals surface area contributed by atoms with E-state index in [1.165, 1.54) is 69.9 Å². The van der Waals surface area contributed by atoms with Crippen LogP contribution in [0.4, 0.5) is 17.1 Å². The van der Waals surface area contributed by atoms with E-state index in [2.05, 4.69) is 152 Å². The van der Waals surface area contributed by atoms with Crippen molar-refractivity contribution in [2.75, 3.05) is 4.90 Å². The topological polar surface area (TPSA) is 3.24 Å². The minimum atomic E-state index is -1.93. The molecule has 205 valence electrons. The molecular formula is C39H30NSSi2. The van der Waals surface area contributed by atoms with Gasteiger partial charge in [0.15, 0.2) is 0 Å². The third kappa shape index (κ3) is 3.49. The van der Waals surface area contributed by atoms with Crippen LogP contribution in [0.1, 0.15) is 0 Å². The summed E-state index contributed by atoms with van der Waals surface area (Å²) in [5, 5.41) is 8.92. The Labute approximate surface area is 259 Å². The smallest absolute Gasteiger partial charge is 0.122 e. The van der Waals surface area contributed by atoms with Gasteiger partial charge in [0.05, 0.1) is 0 Å². The van der Waals surface area contributed by atoms with Crippen LogP contribution in [-0.2, 0) is 0 Å². The van der Waals surface area contributed by atoms with Crippen LogP contribution in [0.25, 0.3) is 42.4 Å². The van der Waals surface area contributed by atoms with Crippen molar-refractivity contribution in [1.82, 2.24) is 0 Å². The van der Waals surface area contributed by atoms with Gasteiger partial charge in [-0.05, 0) is 79.4 Å². The maximum Gasteiger partial charge on any atom is 0.122 e. The van der Waals surface area contributed by atoms with E-state index in [4.69, 9.17) is 0 Å². The lowest BCUT2D eigenvalue weighted by Crippen LogP contribution is -2.49. The number of fused-ring (bicyclic) bond motifs is 10. The normalized spacial score (nSPS) is 14.5. The van der Waals surface area contributed by atoms with Crippen molar-refractivity contribution >= 4 is 86.2 Å². The monoisotopic (exact) mass is 600 g/mol. The third-order valence-electron chi connectivity index (χ3n) is 9.72. The Morgan fingerprint density at radius 2 is 1.37 bits per heavy atom. The second kappa shape index (κ2) is 9.14. The molecule has 3 heterocycles. The van der Waals surface area contributed by atoms with Gasteiger partial charge >= 0.3 is 0 Å².